The largest absolute Gasteiger partial charge is 0.460 e. The molecule has 0 rings (SSSR count). The first-order valence-electron chi connectivity index (χ1n) is 8.37. The predicted octanol–water partition coefficient (Wildman–Crippen LogP) is 2.21. The minimum atomic E-state index is -0.645. The lowest BCUT2D eigenvalue weighted by molar-refractivity contribution is -0.143. The number of hydrogen-bond donors (Lipinski definition) is 0. The Morgan fingerprint density at radius 1 is 0.917 bits per heavy atom. The van der Waals surface area contributed by atoms with E-state index in [0.717, 1.165) is 12.2 Å². The molecule has 0 heterocycles. The van der Waals surface area contributed by atoms with Gasteiger partial charge in [-0.3, -0.25) is 0 Å². The van der Waals surface area contributed by atoms with E-state index in [9.17, 15) is 14.4 Å². The maximum absolute atomic E-state index is 12.4. The van der Waals surface area contributed by atoms with E-state index in [1.165, 1.54) is 0 Å². The lowest BCUT2D eigenvalue weighted by atomic mass is 10.3. The van der Waals surface area contributed by atoms with Gasteiger partial charge in [-0.25, -0.2) is 14.4 Å². The van der Waals surface area contributed by atoms with E-state index in [1.54, 1.807) is 23.6 Å². The minimum Gasteiger partial charge on any atom is -0.460 e. The van der Waals surface area contributed by atoms with E-state index in [1.807, 2.05) is 27.7 Å². The van der Waals surface area contributed by atoms with Gasteiger partial charge in [0.15, 0.2) is 0 Å². The average Bonchev–Trinajstić information content (AvgIpc) is 2.52. The van der Waals surface area contributed by atoms with E-state index in [4.69, 9.17) is 9.47 Å². The molecule has 0 fully saturated rings. The van der Waals surface area contributed by atoms with Crippen LogP contribution in [0.1, 0.15) is 41.5 Å². The number of ether oxygens (including phenoxy) is 2. The van der Waals surface area contributed by atoms with Crippen LogP contribution < -0.4 is 0 Å². The fraction of sp³-hybridized carbons (Fsp3) is 0.706. The van der Waals surface area contributed by atoms with Crippen LogP contribution in [0.4, 0.5) is 4.79 Å². The second-order valence-electron chi connectivity index (χ2n) is 5.54. The normalized spacial score (nSPS) is 12.1. The van der Waals surface area contributed by atoms with Gasteiger partial charge in [0.05, 0.1) is 12.1 Å². The molecule has 1 atom stereocenters. The number of hydrogen-bond acceptors (Lipinski definition) is 5. The highest BCUT2D eigenvalue weighted by Gasteiger charge is 2.23. The number of esters is 2. The zero-order valence-electron chi connectivity index (χ0n) is 15.6. The second-order valence-corrected chi connectivity index (χ2v) is 5.54. The maximum Gasteiger partial charge on any atom is 0.331 e. The third kappa shape index (κ3) is 7.99. The summed E-state index contributed by atoms with van der Waals surface area (Å²) in [5, 5.41) is 0. The van der Waals surface area contributed by atoms with E-state index in [0.29, 0.717) is 19.6 Å². The summed E-state index contributed by atoms with van der Waals surface area (Å²) in [6.07, 6.45) is 1.81. The van der Waals surface area contributed by atoms with Crippen molar-refractivity contribution in [3.05, 3.63) is 12.2 Å². The van der Waals surface area contributed by atoms with Crippen molar-refractivity contribution in [3.63, 3.8) is 0 Å². The van der Waals surface area contributed by atoms with Gasteiger partial charge < -0.3 is 19.3 Å². The molecule has 0 saturated heterocycles. The van der Waals surface area contributed by atoms with E-state index < -0.39 is 11.9 Å². The van der Waals surface area contributed by atoms with Gasteiger partial charge in [-0.2, -0.15) is 0 Å². The van der Waals surface area contributed by atoms with Crippen LogP contribution in [0.5, 0.6) is 0 Å². The molecule has 0 spiro atoms. The van der Waals surface area contributed by atoms with Crippen LogP contribution in [0.3, 0.4) is 0 Å². The fourth-order valence-electron chi connectivity index (χ4n) is 2.06. The van der Waals surface area contributed by atoms with Gasteiger partial charge in [-0.1, -0.05) is 0 Å². The third-order valence-electron chi connectivity index (χ3n) is 3.33. The molecule has 0 aliphatic rings. The summed E-state index contributed by atoms with van der Waals surface area (Å²) in [6.45, 7) is 12.8. The third-order valence-corrected chi connectivity index (χ3v) is 3.33. The topological polar surface area (TPSA) is 76.2 Å². The Labute approximate surface area is 144 Å². The Kier molecular flexibility index (Phi) is 10.5. The highest BCUT2D eigenvalue weighted by atomic mass is 16.5. The Morgan fingerprint density at radius 2 is 1.46 bits per heavy atom. The first kappa shape index (κ1) is 21.9. The smallest absolute Gasteiger partial charge is 0.331 e. The molecule has 7 heteroatoms. The SMILES string of the molecule is CCN(CC)C(=O)N(CC)C(C)COC(=O)C=CC(=O)OC(C)C. The number of amides is 2. The number of likely N-dealkylation sites (N-methyl/N-ethyl adjacent to an activating group) is 1. The van der Waals surface area contributed by atoms with Crippen molar-refractivity contribution in [3.8, 4) is 0 Å². The van der Waals surface area contributed by atoms with Crippen molar-refractivity contribution in [2.24, 2.45) is 0 Å². The van der Waals surface area contributed by atoms with E-state index in [2.05, 4.69) is 0 Å². The summed E-state index contributed by atoms with van der Waals surface area (Å²) in [4.78, 5) is 38.7. The molecular weight excluding hydrogens is 312 g/mol. The van der Waals surface area contributed by atoms with Gasteiger partial charge in [0.2, 0.25) is 0 Å². The summed E-state index contributed by atoms with van der Waals surface area (Å²) >= 11 is 0. The molecule has 7 nitrogen and oxygen atoms in total. The predicted molar refractivity (Wildman–Crippen MR) is 91.5 cm³/mol. The summed E-state index contributed by atoms with van der Waals surface area (Å²) < 4.78 is 9.97. The lowest BCUT2D eigenvalue weighted by Gasteiger charge is -2.32. The number of rotatable bonds is 9. The Balaban J connectivity index is 4.51. The van der Waals surface area contributed by atoms with Crippen LogP contribution in [0.15, 0.2) is 12.2 Å². The standard InChI is InChI=1S/C17H30N2O5/c1-7-18(8-2)17(22)19(9-3)14(6)12-23-15(20)10-11-16(21)24-13(4)5/h10-11,13-14H,7-9,12H2,1-6H3. The van der Waals surface area contributed by atoms with Gasteiger partial charge in [-0.05, 0) is 41.5 Å². The molecule has 0 radical (unpaired) electrons. The van der Waals surface area contributed by atoms with Crippen molar-refractivity contribution < 1.29 is 23.9 Å². The van der Waals surface area contributed by atoms with Crippen LogP contribution in [0.25, 0.3) is 0 Å². The molecule has 2 amide bonds. The van der Waals surface area contributed by atoms with Crippen LogP contribution in [0, 0.1) is 0 Å². The van der Waals surface area contributed by atoms with Crippen LogP contribution in [0.2, 0.25) is 0 Å². The average molecular weight is 342 g/mol. The number of urea groups is 1. The Bertz CT molecular complexity index is 444. The fourth-order valence-corrected chi connectivity index (χ4v) is 2.06. The first-order chi connectivity index (χ1) is 11.3. The molecule has 1 unspecified atom stereocenters. The summed E-state index contributed by atoms with van der Waals surface area (Å²) in [7, 11) is 0. The first-order valence-corrected chi connectivity index (χ1v) is 8.37. The molecule has 138 valence electrons. The molecule has 0 aromatic rings. The number of nitrogens with zero attached hydrogens (tertiary/aromatic N) is 2. The highest BCUT2D eigenvalue weighted by molar-refractivity contribution is 5.91. The molecule has 0 aliphatic carbocycles. The van der Waals surface area contributed by atoms with Gasteiger partial charge in [0.1, 0.15) is 6.61 Å². The van der Waals surface area contributed by atoms with Gasteiger partial charge in [-0.15, -0.1) is 0 Å². The summed E-state index contributed by atoms with van der Waals surface area (Å²) in [6, 6.07) is -0.342. The van der Waals surface area contributed by atoms with Crippen LogP contribution in [-0.2, 0) is 19.1 Å². The molecule has 24 heavy (non-hydrogen) atoms. The quantitative estimate of drug-likeness (QED) is 0.474. The molecule has 0 aromatic carbocycles. The number of carbonyl (C=O) groups is 3. The summed E-state index contributed by atoms with van der Waals surface area (Å²) in [5.41, 5.74) is 0. The van der Waals surface area contributed by atoms with Crippen molar-refractivity contribution in [2.45, 2.75) is 53.7 Å². The molecule has 0 aliphatic heterocycles. The van der Waals surface area contributed by atoms with Gasteiger partial charge in [0.25, 0.3) is 0 Å². The van der Waals surface area contributed by atoms with Crippen molar-refractivity contribution in [1.82, 2.24) is 9.80 Å². The van der Waals surface area contributed by atoms with E-state index in [-0.39, 0.29) is 24.8 Å². The minimum absolute atomic E-state index is 0.0588. The van der Waals surface area contributed by atoms with E-state index >= 15 is 0 Å². The van der Waals surface area contributed by atoms with Gasteiger partial charge in [0, 0.05) is 31.8 Å². The van der Waals surface area contributed by atoms with Crippen LogP contribution in [-0.4, -0.2) is 66.2 Å². The molecular formula is C17H30N2O5. The Hall–Kier alpha value is -2.05. The highest BCUT2D eigenvalue weighted by Crippen LogP contribution is 2.06. The lowest BCUT2D eigenvalue weighted by Crippen LogP contribution is -2.48. The number of carbonyl (C=O) groups excluding carboxylic acids is 3. The zero-order chi connectivity index (χ0) is 18.7. The van der Waals surface area contributed by atoms with Crippen molar-refractivity contribution >= 4 is 18.0 Å². The molecule has 0 saturated carbocycles. The molecule has 0 N–H and O–H groups in total. The van der Waals surface area contributed by atoms with Crippen molar-refractivity contribution in [1.29, 1.82) is 0 Å². The molecule has 0 aromatic heterocycles. The zero-order valence-corrected chi connectivity index (χ0v) is 15.6. The maximum atomic E-state index is 12.4. The van der Waals surface area contributed by atoms with Gasteiger partial charge >= 0.3 is 18.0 Å². The second kappa shape index (κ2) is 11.5. The monoisotopic (exact) mass is 342 g/mol. The molecule has 0 bridgehead atoms. The van der Waals surface area contributed by atoms with Crippen molar-refractivity contribution in [2.75, 3.05) is 26.2 Å². The van der Waals surface area contributed by atoms with Crippen LogP contribution >= 0.6 is 0 Å². The Morgan fingerprint density at radius 3 is 1.92 bits per heavy atom. The summed E-state index contributed by atoms with van der Waals surface area (Å²) in [5.74, 6) is -1.24.